The number of primary amides is 1. The van der Waals surface area contributed by atoms with Crippen LogP contribution in [-0.4, -0.2) is 22.3 Å². The summed E-state index contributed by atoms with van der Waals surface area (Å²) in [6.07, 6.45) is 3.56. The number of fused-ring (bicyclic) bond motifs is 1. The smallest absolute Gasteiger partial charge is 0.251 e. The standard InChI is InChI=1S/C20H21N3O3S/c1-3-4-14-18(20-22-7-8-27-20)17(19(21)24)12(2)23(14)10-13-5-6-15-16(9-13)26-11-25-15/h5-9H,3-4,10-11H2,1-2H3,(H2,21,24). The molecule has 2 aromatic heterocycles. The van der Waals surface area contributed by atoms with Crippen LogP contribution in [0.25, 0.3) is 10.6 Å². The summed E-state index contributed by atoms with van der Waals surface area (Å²) in [7, 11) is 0. The molecule has 6 nitrogen and oxygen atoms in total. The van der Waals surface area contributed by atoms with Crippen LogP contribution >= 0.6 is 11.3 Å². The van der Waals surface area contributed by atoms with E-state index in [-0.39, 0.29) is 6.79 Å². The van der Waals surface area contributed by atoms with Crippen LogP contribution < -0.4 is 15.2 Å². The number of hydrogen-bond donors (Lipinski definition) is 1. The number of hydrogen-bond acceptors (Lipinski definition) is 5. The van der Waals surface area contributed by atoms with Crippen LogP contribution in [0, 0.1) is 6.92 Å². The van der Waals surface area contributed by atoms with Gasteiger partial charge in [-0.2, -0.15) is 0 Å². The minimum absolute atomic E-state index is 0.252. The molecule has 140 valence electrons. The first-order valence-electron chi connectivity index (χ1n) is 8.90. The van der Waals surface area contributed by atoms with Gasteiger partial charge in [-0.05, 0) is 31.0 Å². The zero-order valence-corrected chi connectivity index (χ0v) is 16.1. The molecule has 2 N–H and O–H groups in total. The van der Waals surface area contributed by atoms with E-state index in [2.05, 4.69) is 16.5 Å². The van der Waals surface area contributed by atoms with E-state index in [4.69, 9.17) is 15.2 Å². The van der Waals surface area contributed by atoms with E-state index < -0.39 is 5.91 Å². The Morgan fingerprint density at radius 2 is 2.15 bits per heavy atom. The van der Waals surface area contributed by atoms with E-state index in [0.717, 1.165) is 51.9 Å². The van der Waals surface area contributed by atoms with Gasteiger partial charge < -0.3 is 19.8 Å². The molecule has 0 saturated heterocycles. The third-order valence-corrected chi connectivity index (χ3v) is 5.58. The van der Waals surface area contributed by atoms with Crippen LogP contribution in [0.4, 0.5) is 0 Å². The molecule has 1 aliphatic rings. The molecule has 0 spiro atoms. The molecule has 0 radical (unpaired) electrons. The van der Waals surface area contributed by atoms with E-state index in [0.29, 0.717) is 12.1 Å². The van der Waals surface area contributed by atoms with E-state index in [9.17, 15) is 4.79 Å². The second-order valence-corrected chi connectivity index (χ2v) is 7.40. The Morgan fingerprint density at radius 1 is 1.33 bits per heavy atom. The summed E-state index contributed by atoms with van der Waals surface area (Å²) >= 11 is 1.52. The Morgan fingerprint density at radius 3 is 2.85 bits per heavy atom. The third kappa shape index (κ3) is 3.08. The molecule has 0 bridgehead atoms. The first-order chi connectivity index (χ1) is 13.1. The van der Waals surface area contributed by atoms with Crippen molar-refractivity contribution in [1.82, 2.24) is 9.55 Å². The molecule has 1 aromatic carbocycles. The highest BCUT2D eigenvalue weighted by Gasteiger charge is 2.26. The van der Waals surface area contributed by atoms with Crippen molar-refractivity contribution in [3.8, 4) is 22.1 Å². The van der Waals surface area contributed by atoms with Gasteiger partial charge in [0, 0.05) is 35.1 Å². The monoisotopic (exact) mass is 383 g/mol. The van der Waals surface area contributed by atoms with Gasteiger partial charge in [0.15, 0.2) is 11.5 Å². The topological polar surface area (TPSA) is 79.4 Å². The number of amides is 1. The highest BCUT2D eigenvalue weighted by Crippen LogP contribution is 2.37. The van der Waals surface area contributed by atoms with Crippen molar-refractivity contribution < 1.29 is 14.3 Å². The van der Waals surface area contributed by atoms with Gasteiger partial charge >= 0.3 is 0 Å². The molecule has 3 heterocycles. The fourth-order valence-corrected chi connectivity index (χ4v) is 4.32. The quantitative estimate of drug-likeness (QED) is 0.703. The summed E-state index contributed by atoms with van der Waals surface area (Å²) in [5.74, 6) is 1.10. The predicted molar refractivity (Wildman–Crippen MR) is 104 cm³/mol. The number of ether oxygens (including phenoxy) is 2. The van der Waals surface area contributed by atoms with E-state index in [1.54, 1.807) is 6.20 Å². The number of benzene rings is 1. The minimum Gasteiger partial charge on any atom is -0.454 e. The molecule has 0 saturated carbocycles. The number of carbonyl (C=O) groups excluding carboxylic acids is 1. The van der Waals surface area contributed by atoms with Crippen molar-refractivity contribution in [2.45, 2.75) is 33.2 Å². The molecule has 0 aliphatic carbocycles. The summed E-state index contributed by atoms with van der Waals surface area (Å²) in [4.78, 5) is 16.7. The molecule has 1 amide bonds. The van der Waals surface area contributed by atoms with Crippen molar-refractivity contribution in [2.24, 2.45) is 5.73 Å². The van der Waals surface area contributed by atoms with Crippen molar-refractivity contribution in [3.63, 3.8) is 0 Å². The Labute approximate surface area is 161 Å². The highest BCUT2D eigenvalue weighted by atomic mass is 32.1. The van der Waals surface area contributed by atoms with E-state index in [1.807, 2.05) is 30.5 Å². The zero-order valence-electron chi connectivity index (χ0n) is 15.3. The molecular weight excluding hydrogens is 362 g/mol. The van der Waals surface area contributed by atoms with Gasteiger partial charge in [0.2, 0.25) is 6.79 Å². The fourth-order valence-electron chi connectivity index (χ4n) is 3.61. The second kappa shape index (κ2) is 7.08. The Kier molecular flexibility index (Phi) is 4.61. The van der Waals surface area contributed by atoms with Crippen LogP contribution in [0.5, 0.6) is 11.5 Å². The van der Waals surface area contributed by atoms with Crippen LogP contribution in [0.15, 0.2) is 29.8 Å². The zero-order chi connectivity index (χ0) is 19.0. The van der Waals surface area contributed by atoms with Gasteiger partial charge in [0.1, 0.15) is 5.01 Å². The van der Waals surface area contributed by atoms with Gasteiger partial charge in [-0.25, -0.2) is 4.98 Å². The first kappa shape index (κ1) is 17.6. The van der Waals surface area contributed by atoms with Crippen molar-refractivity contribution in [3.05, 3.63) is 52.3 Å². The molecule has 0 atom stereocenters. The van der Waals surface area contributed by atoms with E-state index >= 15 is 0 Å². The van der Waals surface area contributed by atoms with Crippen molar-refractivity contribution in [1.29, 1.82) is 0 Å². The van der Waals surface area contributed by atoms with Crippen LogP contribution in [0.1, 0.15) is 40.7 Å². The average molecular weight is 383 g/mol. The van der Waals surface area contributed by atoms with Crippen molar-refractivity contribution >= 4 is 17.2 Å². The Hall–Kier alpha value is -2.80. The molecule has 7 heteroatoms. The SMILES string of the molecule is CCCc1c(-c2nccs2)c(C(N)=O)c(C)n1Cc1ccc2c(c1)OCO2. The molecule has 0 fully saturated rings. The largest absolute Gasteiger partial charge is 0.454 e. The van der Waals surface area contributed by atoms with E-state index in [1.165, 1.54) is 11.3 Å². The average Bonchev–Trinajstić information content (AvgIpc) is 3.36. The third-order valence-electron chi connectivity index (χ3n) is 4.79. The van der Waals surface area contributed by atoms with Gasteiger partial charge in [0.25, 0.3) is 5.91 Å². The number of rotatable bonds is 6. The number of nitrogens with two attached hydrogens (primary N) is 1. The molecule has 1 aliphatic heterocycles. The normalized spacial score (nSPS) is 12.5. The Bertz CT molecular complexity index is 993. The van der Waals surface area contributed by atoms with Gasteiger partial charge in [-0.1, -0.05) is 19.4 Å². The van der Waals surface area contributed by atoms with Crippen LogP contribution in [-0.2, 0) is 13.0 Å². The van der Waals surface area contributed by atoms with Crippen LogP contribution in [0.2, 0.25) is 0 Å². The predicted octanol–water partition coefficient (Wildman–Crippen LogP) is 3.75. The van der Waals surface area contributed by atoms with Crippen molar-refractivity contribution in [2.75, 3.05) is 6.79 Å². The summed E-state index contributed by atoms with van der Waals surface area (Å²) in [6, 6.07) is 5.94. The fraction of sp³-hybridized carbons (Fsp3) is 0.300. The lowest BCUT2D eigenvalue weighted by atomic mass is 10.1. The molecule has 3 aromatic rings. The van der Waals surface area contributed by atoms with Gasteiger partial charge in [-0.15, -0.1) is 11.3 Å². The number of nitrogens with zero attached hydrogens (tertiary/aromatic N) is 2. The maximum atomic E-state index is 12.3. The Balaban J connectivity index is 1.84. The van der Waals surface area contributed by atoms with Crippen LogP contribution in [0.3, 0.4) is 0 Å². The minimum atomic E-state index is -0.417. The molecular formula is C20H21N3O3S. The number of aromatic nitrogens is 2. The first-order valence-corrected chi connectivity index (χ1v) is 9.78. The summed E-state index contributed by atoms with van der Waals surface area (Å²) in [6.45, 7) is 4.96. The lowest BCUT2D eigenvalue weighted by Crippen LogP contribution is -2.13. The second-order valence-electron chi connectivity index (χ2n) is 6.51. The molecule has 0 unspecified atom stereocenters. The number of carbonyl (C=O) groups is 1. The lowest BCUT2D eigenvalue weighted by molar-refractivity contribution is 0.1000. The molecule has 27 heavy (non-hydrogen) atoms. The number of thiazole rings is 1. The van der Waals surface area contributed by atoms with Gasteiger partial charge in [0.05, 0.1) is 5.56 Å². The maximum Gasteiger partial charge on any atom is 0.251 e. The summed E-state index contributed by atoms with van der Waals surface area (Å²) in [5, 5.41) is 2.75. The highest BCUT2D eigenvalue weighted by molar-refractivity contribution is 7.13. The molecule has 4 rings (SSSR count). The summed E-state index contributed by atoms with van der Waals surface area (Å²) < 4.78 is 13.1. The summed E-state index contributed by atoms with van der Waals surface area (Å²) in [5.41, 5.74) is 10.2. The lowest BCUT2D eigenvalue weighted by Gasteiger charge is -2.13. The maximum absolute atomic E-state index is 12.3. The van der Waals surface area contributed by atoms with Gasteiger partial charge in [-0.3, -0.25) is 4.79 Å².